The Labute approximate surface area is 263 Å². The smallest absolute Gasteiger partial charge is 0.407 e. The van der Waals surface area contributed by atoms with Gasteiger partial charge >= 0.3 is 12.1 Å². The van der Waals surface area contributed by atoms with Crippen LogP contribution in [-0.4, -0.2) is 67.8 Å². The zero-order valence-corrected chi connectivity index (χ0v) is 27.4. The first-order valence-electron chi connectivity index (χ1n) is 15.1. The zero-order valence-electron chi connectivity index (χ0n) is 26.5. The molecule has 236 valence electrons. The van der Waals surface area contributed by atoms with E-state index in [1.54, 1.807) is 24.4 Å². The fraction of sp³-hybridized carbons (Fsp3) is 0.471. The van der Waals surface area contributed by atoms with Gasteiger partial charge in [-0.2, -0.15) is 0 Å². The maximum Gasteiger partial charge on any atom is 0.407 e. The fourth-order valence-electron chi connectivity index (χ4n) is 5.86. The molecule has 2 amide bonds. The Morgan fingerprint density at radius 2 is 1.61 bits per heavy atom. The van der Waals surface area contributed by atoms with Gasteiger partial charge in [0.2, 0.25) is 5.91 Å². The molecule has 0 fully saturated rings. The number of fused-ring (bicyclic) bond motifs is 3. The molecule has 1 heterocycles. The summed E-state index contributed by atoms with van der Waals surface area (Å²) in [6.07, 6.45) is 0.102. The summed E-state index contributed by atoms with van der Waals surface area (Å²) in [5.74, 6) is -0.830. The largest absolute Gasteiger partial charge is 0.464 e. The summed E-state index contributed by atoms with van der Waals surface area (Å²) in [5.41, 5.74) is 4.79. The van der Waals surface area contributed by atoms with Gasteiger partial charge in [0.15, 0.2) is 5.69 Å². The number of aromatic nitrogens is 1. The van der Waals surface area contributed by atoms with E-state index >= 15 is 0 Å². The van der Waals surface area contributed by atoms with E-state index in [-0.39, 0.29) is 42.0 Å². The molecule has 4 rings (SSSR count). The first-order chi connectivity index (χ1) is 21.1. The third-order valence-electron chi connectivity index (χ3n) is 8.64. The lowest BCUT2D eigenvalue weighted by Gasteiger charge is -2.36. The van der Waals surface area contributed by atoms with E-state index in [4.69, 9.17) is 14.2 Å². The minimum absolute atomic E-state index is 0.0737. The molecule has 0 spiro atoms. The Morgan fingerprint density at radius 1 is 1.00 bits per heavy atom. The minimum atomic E-state index is -0.770. The second-order valence-corrected chi connectivity index (χ2v) is 12.5. The summed E-state index contributed by atoms with van der Waals surface area (Å²) in [6.45, 7) is 8.20. The molecule has 0 aliphatic heterocycles. The molecule has 1 aromatic heterocycles. The van der Waals surface area contributed by atoms with Crippen LogP contribution in [0.3, 0.4) is 0 Å². The third-order valence-corrected chi connectivity index (χ3v) is 9.58. The third kappa shape index (κ3) is 7.13. The zero-order chi connectivity index (χ0) is 32.0. The van der Waals surface area contributed by atoms with Crippen LogP contribution >= 0.6 is 11.3 Å². The highest BCUT2D eigenvalue weighted by atomic mass is 32.1. The number of hydrogen-bond acceptors (Lipinski definition) is 8. The molecular formula is C34H43N3O6S. The van der Waals surface area contributed by atoms with Crippen LogP contribution in [-0.2, 0) is 19.0 Å². The molecule has 0 bridgehead atoms. The van der Waals surface area contributed by atoms with Gasteiger partial charge in [-0.25, -0.2) is 14.6 Å². The van der Waals surface area contributed by atoms with E-state index in [0.717, 1.165) is 22.3 Å². The summed E-state index contributed by atoms with van der Waals surface area (Å²) >= 11 is 1.32. The lowest BCUT2D eigenvalue weighted by molar-refractivity contribution is -0.137. The second kappa shape index (κ2) is 14.8. The number of esters is 1. The molecule has 0 saturated carbocycles. The molecule has 9 nitrogen and oxygen atoms in total. The number of thiazole rings is 1. The molecule has 44 heavy (non-hydrogen) atoms. The van der Waals surface area contributed by atoms with Crippen LogP contribution in [0.4, 0.5) is 4.79 Å². The first-order valence-corrected chi connectivity index (χ1v) is 15.9. The maximum atomic E-state index is 14.0. The van der Waals surface area contributed by atoms with Gasteiger partial charge < -0.3 is 24.4 Å². The number of benzene rings is 2. The van der Waals surface area contributed by atoms with Gasteiger partial charge in [0, 0.05) is 37.9 Å². The molecule has 4 atom stereocenters. The molecule has 1 aliphatic rings. The van der Waals surface area contributed by atoms with Crippen molar-refractivity contribution in [3.05, 3.63) is 75.7 Å². The quantitative estimate of drug-likeness (QED) is 0.219. The minimum Gasteiger partial charge on any atom is -0.464 e. The number of rotatable bonds is 13. The first kappa shape index (κ1) is 33.1. The van der Waals surface area contributed by atoms with Gasteiger partial charge in [-0.15, -0.1) is 11.3 Å². The van der Waals surface area contributed by atoms with Gasteiger partial charge in [-0.1, -0.05) is 82.6 Å². The summed E-state index contributed by atoms with van der Waals surface area (Å²) < 4.78 is 16.3. The van der Waals surface area contributed by atoms with E-state index in [2.05, 4.69) is 34.6 Å². The second-order valence-electron chi connectivity index (χ2n) is 11.6. The van der Waals surface area contributed by atoms with E-state index in [9.17, 15) is 14.4 Å². The van der Waals surface area contributed by atoms with Crippen LogP contribution in [0.2, 0.25) is 0 Å². The van der Waals surface area contributed by atoms with Crippen molar-refractivity contribution in [2.75, 3.05) is 27.9 Å². The van der Waals surface area contributed by atoms with E-state index in [1.807, 2.05) is 52.0 Å². The summed E-state index contributed by atoms with van der Waals surface area (Å²) in [5, 5.41) is 5.17. The van der Waals surface area contributed by atoms with Crippen LogP contribution in [0.1, 0.15) is 79.2 Å². The van der Waals surface area contributed by atoms with Gasteiger partial charge in [0.1, 0.15) is 23.8 Å². The fourth-order valence-corrected chi connectivity index (χ4v) is 6.74. The Bertz CT molecular complexity index is 1410. The number of nitrogens with one attached hydrogen (secondary N) is 1. The van der Waals surface area contributed by atoms with Crippen molar-refractivity contribution >= 4 is 29.3 Å². The highest BCUT2D eigenvalue weighted by Crippen LogP contribution is 2.44. The lowest BCUT2D eigenvalue weighted by Crippen LogP contribution is -2.54. The number of likely N-dealkylation sites (N-methyl/N-ethyl adjacent to an activating group) is 1. The SMILES string of the molecule is CC[C@H](C)[C@H](NC(=O)OCC1c2ccccc2-c2ccccc21)C(=O)N(C)[C@H](C[C@@H](OC)c1nc(C(=O)OC)cs1)C(C)C. The predicted molar refractivity (Wildman–Crippen MR) is 171 cm³/mol. The van der Waals surface area contributed by atoms with Crippen LogP contribution in [0.15, 0.2) is 53.9 Å². The Morgan fingerprint density at radius 3 is 2.16 bits per heavy atom. The molecule has 1 N–H and O–H groups in total. The van der Waals surface area contributed by atoms with Crippen molar-refractivity contribution in [3.8, 4) is 11.1 Å². The molecular weight excluding hydrogens is 578 g/mol. The van der Waals surface area contributed by atoms with Crippen molar-refractivity contribution in [2.24, 2.45) is 11.8 Å². The lowest BCUT2D eigenvalue weighted by atomic mass is 9.93. The van der Waals surface area contributed by atoms with Crippen molar-refractivity contribution in [1.29, 1.82) is 0 Å². The van der Waals surface area contributed by atoms with E-state index in [0.29, 0.717) is 17.8 Å². The van der Waals surface area contributed by atoms with Crippen LogP contribution in [0.5, 0.6) is 0 Å². The Hall–Kier alpha value is -3.76. The number of nitrogens with zero attached hydrogens (tertiary/aromatic N) is 2. The van der Waals surface area contributed by atoms with Crippen LogP contribution < -0.4 is 5.32 Å². The molecule has 2 aromatic carbocycles. The molecule has 0 radical (unpaired) electrons. The molecule has 3 aromatic rings. The highest BCUT2D eigenvalue weighted by molar-refractivity contribution is 7.09. The van der Waals surface area contributed by atoms with Crippen LogP contribution in [0.25, 0.3) is 11.1 Å². The van der Waals surface area contributed by atoms with Crippen molar-refractivity contribution in [2.45, 2.75) is 64.6 Å². The van der Waals surface area contributed by atoms with Crippen molar-refractivity contribution in [3.63, 3.8) is 0 Å². The van der Waals surface area contributed by atoms with Crippen LogP contribution in [0, 0.1) is 11.8 Å². The van der Waals surface area contributed by atoms with E-state index in [1.165, 1.54) is 18.4 Å². The monoisotopic (exact) mass is 621 g/mol. The number of hydrogen-bond donors (Lipinski definition) is 1. The number of ether oxygens (including phenoxy) is 3. The standard InChI is InChI=1S/C34H43N3O6S/c1-8-21(4)30(36-34(40)43-18-26-24-15-11-9-13-22(24)23-14-10-12-16-25(23)26)32(38)37(5)28(20(2)3)17-29(41-6)31-35-27(19-44-31)33(39)42-7/h9-16,19-21,26,28-30H,8,17-18H2,1-7H3,(H,36,40)/t21-,28+,29+,30-/m0/s1. The Kier molecular flexibility index (Phi) is 11.2. The van der Waals surface area contributed by atoms with Gasteiger partial charge in [0.25, 0.3) is 0 Å². The number of carbonyl (C=O) groups excluding carboxylic acids is 3. The normalized spacial score (nSPS) is 15.1. The van der Waals surface area contributed by atoms with Crippen molar-refractivity contribution in [1.82, 2.24) is 15.2 Å². The van der Waals surface area contributed by atoms with Gasteiger partial charge in [-0.3, -0.25) is 4.79 Å². The number of alkyl carbamates (subject to hydrolysis) is 1. The summed E-state index contributed by atoms with van der Waals surface area (Å²) in [6, 6.07) is 15.4. The molecule has 10 heteroatoms. The number of carbonyl (C=O) groups is 3. The number of methoxy groups -OCH3 is 2. The molecule has 0 saturated heterocycles. The average Bonchev–Trinajstić information content (AvgIpc) is 3.65. The Balaban J connectivity index is 1.45. The van der Waals surface area contributed by atoms with E-state index < -0.39 is 24.2 Å². The predicted octanol–water partition coefficient (Wildman–Crippen LogP) is 6.44. The maximum absolute atomic E-state index is 14.0. The van der Waals surface area contributed by atoms with Gasteiger partial charge in [0.05, 0.1) is 7.11 Å². The summed E-state index contributed by atoms with van der Waals surface area (Å²) in [4.78, 5) is 45.2. The molecule has 1 aliphatic carbocycles. The highest BCUT2D eigenvalue weighted by Gasteiger charge is 2.36. The average molecular weight is 622 g/mol. The molecule has 0 unspecified atom stereocenters. The summed E-state index contributed by atoms with van der Waals surface area (Å²) in [7, 11) is 4.66. The number of amides is 2. The topological polar surface area (TPSA) is 107 Å². The van der Waals surface area contributed by atoms with Crippen molar-refractivity contribution < 1.29 is 28.6 Å². The van der Waals surface area contributed by atoms with Gasteiger partial charge in [-0.05, 0) is 34.1 Å².